The molecule has 0 atom stereocenters. The van der Waals surface area contributed by atoms with E-state index in [4.69, 9.17) is 11.6 Å². The van der Waals surface area contributed by atoms with E-state index < -0.39 is 0 Å². The van der Waals surface area contributed by atoms with Gasteiger partial charge in [-0.25, -0.2) is 10.1 Å². The molecule has 0 bridgehead atoms. The van der Waals surface area contributed by atoms with E-state index in [1.54, 1.807) is 4.68 Å². The monoisotopic (exact) mass is 543 g/mol. The second-order valence-corrected chi connectivity index (χ2v) is 9.21. The molecule has 2 aromatic carbocycles. The fraction of sp³-hybridized carbons (Fsp3) is 0.136. The molecule has 2 aromatic heterocycles. The van der Waals surface area contributed by atoms with Gasteiger partial charge in [-0.05, 0) is 31.2 Å². The molecule has 0 aliphatic rings. The fourth-order valence-electron chi connectivity index (χ4n) is 3.05. The number of nitrogens with one attached hydrogen (secondary N) is 1. The van der Waals surface area contributed by atoms with E-state index in [9.17, 15) is 4.79 Å². The molecule has 0 aliphatic carbocycles. The highest BCUT2D eigenvalue weighted by molar-refractivity contribution is 9.10. The Morgan fingerprint density at radius 3 is 2.76 bits per heavy atom. The summed E-state index contributed by atoms with van der Waals surface area (Å²) in [5.41, 5.74) is 5.64. The average Bonchev–Trinajstić information content (AvgIpc) is 3.32. The summed E-state index contributed by atoms with van der Waals surface area (Å²) >= 11 is 11.2. The Morgan fingerprint density at radius 1 is 1.21 bits per heavy atom. The van der Waals surface area contributed by atoms with Gasteiger partial charge < -0.3 is 4.57 Å². The summed E-state index contributed by atoms with van der Waals surface area (Å²) in [6.07, 6.45) is 1.50. The Bertz CT molecular complexity index is 1320. The van der Waals surface area contributed by atoms with Gasteiger partial charge in [-0.2, -0.15) is 10.2 Å². The molecule has 168 valence electrons. The fourth-order valence-corrected chi connectivity index (χ4v) is 4.47. The molecule has 4 aromatic rings. The number of rotatable bonds is 7. The number of hydrazone groups is 1. The first kappa shape index (κ1) is 23.2. The maximum absolute atomic E-state index is 12.3. The number of para-hydroxylation sites is 1. The number of benzene rings is 2. The van der Waals surface area contributed by atoms with Crippen molar-refractivity contribution in [1.29, 1.82) is 0 Å². The minimum absolute atomic E-state index is 0.137. The minimum Gasteiger partial charge on any atom is -0.305 e. The molecule has 11 heteroatoms. The van der Waals surface area contributed by atoms with Crippen LogP contribution in [0.2, 0.25) is 5.15 Å². The molecule has 0 saturated heterocycles. The van der Waals surface area contributed by atoms with E-state index in [1.165, 1.54) is 18.0 Å². The number of hydrogen-bond acceptors (Lipinski definition) is 6. The molecule has 0 unspecified atom stereocenters. The Hall–Kier alpha value is -2.95. The standard InChI is InChI=1S/C22H19BrClN7OS/c1-14-18(20(24)31(29-14)17-9-4-3-5-10-17)12-25-26-19(32)13-33-22-28-27-21(30(22)2)15-7-6-8-16(23)11-15/h3-12H,13H2,1-2H3,(H,26,32)/b25-12-. The number of carbonyl (C=O) groups excluding carboxylic acids is 1. The summed E-state index contributed by atoms with van der Waals surface area (Å²) in [5.74, 6) is 0.586. The Labute approximate surface area is 208 Å². The second-order valence-electron chi connectivity index (χ2n) is 6.99. The molecule has 0 saturated carbocycles. The highest BCUT2D eigenvalue weighted by atomic mass is 79.9. The molecule has 0 radical (unpaired) electrons. The molecule has 1 N–H and O–H groups in total. The van der Waals surface area contributed by atoms with Crippen LogP contribution in [0.5, 0.6) is 0 Å². The SMILES string of the molecule is Cc1nn(-c2ccccc2)c(Cl)c1/C=N\NC(=O)CSc1nnc(-c2cccc(Br)c2)n1C. The maximum atomic E-state index is 12.3. The van der Waals surface area contributed by atoms with Crippen molar-refractivity contribution in [2.45, 2.75) is 12.1 Å². The van der Waals surface area contributed by atoms with Gasteiger partial charge in [-0.15, -0.1) is 10.2 Å². The third-order valence-corrected chi connectivity index (χ3v) is 6.56. The molecular weight excluding hydrogens is 526 g/mol. The summed E-state index contributed by atoms with van der Waals surface area (Å²) in [4.78, 5) is 12.3. The largest absolute Gasteiger partial charge is 0.305 e. The van der Waals surface area contributed by atoms with Crippen molar-refractivity contribution in [3.63, 3.8) is 0 Å². The van der Waals surface area contributed by atoms with Crippen molar-refractivity contribution in [2.75, 3.05) is 5.75 Å². The van der Waals surface area contributed by atoms with Crippen LogP contribution in [0, 0.1) is 6.92 Å². The lowest BCUT2D eigenvalue weighted by molar-refractivity contribution is -0.118. The van der Waals surface area contributed by atoms with E-state index in [0.29, 0.717) is 21.6 Å². The van der Waals surface area contributed by atoms with Gasteiger partial charge in [-0.3, -0.25) is 4.79 Å². The summed E-state index contributed by atoms with van der Waals surface area (Å²) in [5, 5.41) is 18.0. The predicted octanol–water partition coefficient (Wildman–Crippen LogP) is 4.63. The molecule has 4 rings (SSSR count). The van der Waals surface area contributed by atoms with Gasteiger partial charge in [0, 0.05) is 17.1 Å². The summed E-state index contributed by atoms with van der Waals surface area (Å²) in [7, 11) is 1.86. The Kier molecular flexibility index (Phi) is 7.26. The first-order valence-corrected chi connectivity index (χ1v) is 12.0. The van der Waals surface area contributed by atoms with Gasteiger partial charge in [0.2, 0.25) is 0 Å². The molecule has 0 spiro atoms. The van der Waals surface area contributed by atoms with E-state index in [2.05, 4.69) is 41.8 Å². The minimum atomic E-state index is -0.271. The van der Waals surface area contributed by atoms with E-state index in [-0.39, 0.29) is 11.7 Å². The second kappa shape index (κ2) is 10.3. The van der Waals surface area contributed by atoms with Crippen LogP contribution in [0.3, 0.4) is 0 Å². The van der Waals surface area contributed by atoms with Crippen LogP contribution in [0.4, 0.5) is 0 Å². The van der Waals surface area contributed by atoms with Crippen molar-refractivity contribution in [3.8, 4) is 17.1 Å². The van der Waals surface area contributed by atoms with Crippen LogP contribution >= 0.6 is 39.3 Å². The van der Waals surface area contributed by atoms with Crippen LogP contribution in [0.25, 0.3) is 17.1 Å². The normalized spacial score (nSPS) is 11.3. The van der Waals surface area contributed by atoms with Crippen molar-refractivity contribution in [1.82, 2.24) is 30.0 Å². The molecule has 0 fully saturated rings. The zero-order valence-electron chi connectivity index (χ0n) is 17.7. The smallest absolute Gasteiger partial charge is 0.250 e. The Morgan fingerprint density at radius 2 is 2.00 bits per heavy atom. The molecule has 0 aliphatic heterocycles. The summed E-state index contributed by atoms with van der Waals surface area (Å²) in [6.45, 7) is 1.83. The molecule has 1 amide bonds. The quantitative estimate of drug-likeness (QED) is 0.208. The van der Waals surface area contributed by atoms with Crippen LogP contribution < -0.4 is 5.43 Å². The van der Waals surface area contributed by atoms with Crippen molar-refractivity contribution < 1.29 is 4.79 Å². The van der Waals surface area contributed by atoms with Crippen LogP contribution in [0.1, 0.15) is 11.3 Å². The highest BCUT2D eigenvalue weighted by Gasteiger charge is 2.14. The average molecular weight is 545 g/mol. The lowest BCUT2D eigenvalue weighted by Crippen LogP contribution is -2.20. The van der Waals surface area contributed by atoms with Gasteiger partial charge in [0.15, 0.2) is 11.0 Å². The first-order valence-electron chi connectivity index (χ1n) is 9.84. The number of nitrogens with zero attached hydrogens (tertiary/aromatic N) is 6. The zero-order chi connectivity index (χ0) is 23.4. The lowest BCUT2D eigenvalue weighted by atomic mass is 10.2. The number of aryl methyl sites for hydroxylation is 1. The maximum Gasteiger partial charge on any atom is 0.250 e. The number of thioether (sulfide) groups is 1. The number of hydrogen-bond donors (Lipinski definition) is 1. The van der Waals surface area contributed by atoms with Crippen molar-refractivity contribution in [3.05, 3.63) is 75.5 Å². The molecule has 33 heavy (non-hydrogen) atoms. The van der Waals surface area contributed by atoms with Gasteiger partial charge in [-0.1, -0.05) is 69.6 Å². The van der Waals surface area contributed by atoms with Crippen LogP contribution in [0.15, 0.2) is 69.3 Å². The number of aromatic nitrogens is 5. The first-order chi connectivity index (χ1) is 15.9. The van der Waals surface area contributed by atoms with Gasteiger partial charge in [0.05, 0.1) is 28.9 Å². The lowest BCUT2D eigenvalue weighted by Gasteiger charge is -2.04. The van der Waals surface area contributed by atoms with Gasteiger partial charge in [0.1, 0.15) is 5.15 Å². The summed E-state index contributed by atoms with van der Waals surface area (Å²) < 4.78 is 4.44. The highest BCUT2D eigenvalue weighted by Crippen LogP contribution is 2.25. The van der Waals surface area contributed by atoms with E-state index in [1.807, 2.05) is 73.1 Å². The van der Waals surface area contributed by atoms with Gasteiger partial charge in [0.25, 0.3) is 5.91 Å². The third-order valence-electron chi connectivity index (χ3n) is 4.68. The van der Waals surface area contributed by atoms with Crippen molar-refractivity contribution in [2.24, 2.45) is 12.1 Å². The molecular formula is C22H19BrClN7OS. The number of amides is 1. The van der Waals surface area contributed by atoms with E-state index >= 15 is 0 Å². The molecule has 8 nitrogen and oxygen atoms in total. The topological polar surface area (TPSA) is 90.0 Å². The van der Waals surface area contributed by atoms with E-state index in [0.717, 1.165) is 21.5 Å². The number of carbonyl (C=O) groups is 1. The Balaban J connectivity index is 1.37. The van der Waals surface area contributed by atoms with Crippen LogP contribution in [-0.2, 0) is 11.8 Å². The third kappa shape index (κ3) is 5.35. The van der Waals surface area contributed by atoms with Crippen molar-refractivity contribution >= 4 is 51.4 Å². The van der Waals surface area contributed by atoms with Gasteiger partial charge >= 0.3 is 0 Å². The number of halogens is 2. The van der Waals surface area contributed by atoms with Crippen LogP contribution in [-0.4, -0.2) is 42.4 Å². The molecule has 2 heterocycles. The predicted molar refractivity (Wildman–Crippen MR) is 134 cm³/mol. The summed E-state index contributed by atoms with van der Waals surface area (Å²) in [6, 6.07) is 17.4. The zero-order valence-corrected chi connectivity index (χ0v) is 20.9.